The number of carbonyl (C=O) groups excluding carboxylic acids is 1. The van der Waals surface area contributed by atoms with E-state index in [9.17, 15) is 19.3 Å². The first-order valence-electron chi connectivity index (χ1n) is 9.51. The number of nitrogens with zero attached hydrogens (tertiary/aromatic N) is 5. The predicted molar refractivity (Wildman–Crippen MR) is 117 cm³/mol. The lowest BCUT2D eigenvalue weighted by molar-refractivity contribution is -0.384. The van der Waals surface area contributed by atoms with E-state index in [0.29, 0.717) is 22.9 Å². The zero-order valence-electron chi connectivity index (χ0n) is 17.1. The first kappa shape index (κ1) is 21.2. The van der Waals surface area contributed by atoms with Crippen molar-refractivity contribution in [2.45, 2.75) is 20.3 Å². The van der Waals surface area contributed by atoms with E-state index < -0.39 is 10.8 Å². The van der Waals surface area contributed by atoms with Gasteiger partial charge >= 0.3 is 0 Å². The Hall–Kier alpha value is -3.99. The van der Waals surface area contributed by atoms with Crippen LogP contribution in [0, 0.1) is 29.8 Å². The summed E-state index contributed by atoms with van der Waals surface area (Å²) >= 11 is 1.32. The van der Waals surface area contributed by atoms with Crippen molar-refractivity contribution in [1.82, 2.24) is 20.0 Å². The molecule has 0 spiro atoms. The van der Waals surface area contributed by atoms with Crippen LogP contribution in [0.25, 0.3) is 5.69 Å². The normalized spacial score (nSPS) is 10.8. The number of amides is 1. The molecule has 0 fully saturated rings. The van der Waals surface area contributed by atoms with Gasteiger partial charge in [-0.2, -0.15) is 0 Å². The summed E-state index contributed by atoms with van der Waals surface area (Å²) < 4.78 is 14.6. The van der Waals surface area contributed by atoms with Crippen LogP contribution >= 0.6 is 11.3 Å². The van der Waals surface area contributed by atoms with Gasteiger partial charge in [-0.15, -0.1) is 16.4 Å². The standard InChI is InChI=1S/C21H17FN6O3S/c1-12-18(11-14-3-7-17(8-4-14)28(30)31)32-21(23-12)24-20(29)19-13(2)27(26-25-19)16-9-5-15(22)6-10-16/h3-10H,11H2,1-2H3,(H,23,24,29). The van der Waals surface area contributed by atoms with Crippen LogP contribution in [0.1, 0.15) is 32.3 Å². The number of anilines is 1. The first-order chi connectivity index (χ1) is 15.3. The molecule has 0 aliphatic heterocycles. The number of halogens is 1. The summed E-state index contributed by atoms with van der Waals surface area (Å²) in [6.07, 6.45) is 0.539. The summed E-state index contributed by atoms with van der Waals surface area (Å²) in [5, 5.41) is 21.9. The van der Waals surface area contributed by atoms with E-state index in [1.807, 2.05) is 6.92 Å². The molecule has 162 valence electrons. The Morgan fingerprint density at radius 3 is 2.50 bits per heavy atom. The first-order valence-corrected chi connectivity index (χ1v) is 10.3. The molecule has 0 aliphatic rings. The van der Waals surface area contributed by atoms with Crippen LogP contribution in [0.5, 0.6) is 0 Å². The lowest BCUT2D eigenvalue weighted by atomic mass is 10.1. The highest BCUT2D eigenvalue weighted by molar-refractivity contribution is 7.15. The van der Waals surface area contributed by atoms with E-state index in [2.05, 4.69) is 20.6 Å². The van der Waals surface area contributed by atoms with Crippen molar-refractivity contribution in [2.75, 3.05) is 5.32 Å². The fourth-order valence-corrected chi connectivity index (χ4v) is 4.08. The fraction of sp³-hybridized carbons (Fsp3) is 0.143. The Morgan fingerprint density at radius 1 is 1.16 bits per heavy atom. The lowest BCUT2D eigenvalue weighted by Gasteiger charge is -2.03. The average Bonchev–Trinajstić information content (AvgIpc) is 3.31. The molecule has 0 radical (unpaired) electrons. The van der Waals surface area contributed by atoms with Gasteiger partial charge < -0.3 is 0 Å². The van der Waals surface area contributed by atoms with Crippen molar-refractivity contribution >= 4 is 28.1 Å². The Morgan fingerprint density at radius 2 is 1.84 bits per heavy atom. The molecule has 2 aromatic carbocycles. The van der Waals surface area contributed by atoms with E-state index >= 15 is 0 Å². The summed E-state index contributed by atoms with van der Waals surface area (Å²) in [6, 6.07) is 12.0. The molecule has 0 atom stereocenters. The van der Waals surface area contributed by atoms with Crippen molar-refractivity contribution in [3.63, 3.8) is 0 Å². The van der Waals surface area contributed by atoms with Crippen LogP contribution in [0.15, 0.2) is 48.5 Å². The Bertz CT molecular complexity index is 1300. The number of nitro benzene ring substituents is 1. The second-order valence-corrected chi connectivity index (χ2v) is 8.08. The Kier molecular flexibility index (Phi) is 5.73. The van der Waals surface area contributed by atoms with E-state index in [-0.39, 0.29) is 17.2 Å². The topological polar surface area (TPSA) is 116 Å². The SMILES string of the molecule is Cc1nc(NC(=O)c2nnn(-c3ccc(F)cc3)c2C)sc1Cc1ccc([N+](=O)[O-])cc1. The minimum absolute atomic E-state index is 0.0341. The summed E-state index contributed by atoms with van der Waals surface area (Å²) in [5.41, 5.74) is 2.93. The quantitative estimate of drug-likeness (QED) is 0.346. The van der Waals surface area contributed by atoms with Crippen LogP contribution in [0.3, 0.4) is 0 Å². The van der Waals surface area contributed by atoms with E-state index in [0.717, 1.165) is 16.1 Å². The van der Waals surface area contributed by atoms with Crippen LogP contribution in [0.2, 0.25) is 0 Å². The molecule has 2 aromatic heterocycles. The van der Waals surface area contributed by atoms with Crippen molar-refractivity contribution in [1.29, 1.82) is 0 Å². The number of aromatic nitrogens is 4. The molecule has 32 heavy (non-hydrogen) atoms. The molecular formula is C21H17FN6O3S. The van der Waals surface area contributed by atoms with Crippen LogP contribution in [-0.4, -0.2) is 30.8 Å². The maximum absolute atomic E-state index is 13.2. The van der Waals surface area contributed by atoms with Gasteiger partial charge in [0, 0.05) is 23.4 Å². The number of nitrogens with one attached hydrogen (secondary N) is 1. The molecule has 4 rings (SSSR count). The third-order valence-corrected chi connectivity index (χ3v) is 5.88. The molecular weight excluding hydrogens is 435 g/mol. The summed E-state index contributed by atoms with van der Waals surface area (Å²) in [6.45, 7) is 3.54. The van der Waals surface area contributed by atoms with Gasteiger partial charge in [0.15, 0.2) is 10.8 Å². The number of hydrogen-bond acceptors (Lipinski definition) is 7. The van der Waals surface area contributed by atoms with Crippen LogP contribution in [0.4, 0.5) is 15.2 Å². The third kappa shape index (κ3) is 4.37. The van der Waals surface area contributed by atoms with E-state index in [4.69, 9.17) is 0 Å². The predicted octanol–water partition coefficient (Wildman–Crippen LogP) is 4.23. The van der Waals surface area contributed by atoms with Crippen LogP contribution < -0.4 is 5.32 Å². The molecule has 4 aromatic rings. The van der Waals surface area contributed by atoms with Gasteiger partial charge in [0.05, 0.1) is 22.0 Å². The zero-order valence-corrected chi connectivity index (χ0v) is 17.9. The molecule has 0 saturated carbocycles. The highest BCUT2D eigenvalue weighted by Crippen LogP contribution is 2.26. The molecule has 0 aliphatic carbocycles. The van der Waals surface area contributed by atoms with Gasteiger partial charge in [0.2, 0.25) is 0 Å². The fourth-order valence-electron chi connectivity index (χ4n) is 3.09. The molecule has 0 unspecified atom stereocenters. The number of non-ortho nitro benzene ring substituents is 1. The summed E-state index contributed by atoms with van der Waals surface area (Å²) in [4.78, 5) is 28.4. The van der Waals surface area contributed by atoms with Gasteiger partial charge in [0.1, 0.15) is 5.82 Å². The third-order valence-electron chi connectivity index (χ3n) is 4.81. The van der Waals surface area contributed by atoms with Gasteiger partial charge in [0.25, 0.3) is 11.6 Å². The van der Waals surface area contributed by atoms with Crippen molar-refractivity contribution in [3.05, 3.63) is 92.0 Å². The number of hydrogen-bond donors (Lipinski definition) is 1. The number of nitro groups is 1. The number of benzene rings is 2. The smallest absolute Gasteiger partial charge is 0.279 e. The van der Waals surface area contributed by atoms with Gasteiger partial charge in [-0.1, -0.05) is 17.3 Å². The maximum Gasteiger partial charge on any atom is 0.279 e. The summed E-state index contributed by atoms with van der Waals surface area (Å²) in [5.74, 6) is -0.820. The van der Waals surface area contributed by atoms with Gasteiger partial charge in [-0.3, -0.25) is 20.2 Å². The zero-order chi connectivity index (χ0) is 22.8. The second kappa shape index (κ2) is 8.63. The minimum Gasteiger partial charge on any atom is -0.296 e. The highest BCUT2D eigenvalue weighted by atomic mass is 32.1. The molecule has 2 heterocycles. The lowest BCUT2D eigenvalue weighted by Crippen LogP contribution is -2.14. The molecule has 1 amide bonds. The highest BCUT2D eigenvalue weighted by Gasteiger charge is 2.19. The molecule has 0 saturated heterocycles. The average molecular weight is 452 g/mol. The second-order valence-electron chi connectivity index (χ2n) is 6.99. The van der Waals surface area contributed by atoms with Crippen molar-refractivity contribution < 1.29 is 14.1 Å². The van der Waals surface area contributed by atoms with Crippen molar-refractivity contribution in [3.8, 4) is 5.69 Å². The number of aryl methyl sites for hydroxylation is 1. The molecule has 1 N–H and O–H groups in total. The summed E-state index contributed by atoms with van der Waals surface area (Å²) in [7, 11) is 0. The number of rotatable bonds is 6. The van der Waals surface area contributed by atoms with Gasteiger partial charge in [-0.25, -0.2) is 14.1 Å². The molecule has 9 nitrogen and oxygen atoms in total. The number of thiazole rings is 1. The van der Waals surface area contributed by atoms with Crippen LogP contribution in [-0.2, 0) is 6.42 Å². The molecule has 0 bridgehead atoms. The largest absolute Gasteiger partial charge is 0.296 e. The van der Waals surface area contributed by atoms with E-state index in [1.165, 1.54) is 40.3 Å². The number of carbonyl (C=O) groups is 1. The Balaban J connectivity index is 1.48. The van der Waals surface area contributed by atoms with Crippen molar-refractivity contribution in [2.24, 2.45) is 0 Å². The monoisotopic (exact) mass is 452 g/mol. The Labute approximate surface area is 185 Å². The maximum atomic E-state index is 13.2. The van der Waals surface area contributed by atoms with E-state index in [1.54, 1.807) is 31.2 Å². The minimum atomic E-state index is -0.452. The molecule has 11 heteroatoms. The van der Waals surface area contributed by atoms with Gasteiger partial charge in [-0.05, 0) is 43.7 Å².